The monoisotopic (exact) mass is 275 g/mol. The Hall–Kier alpha value is -1.74. The molecular weight excluding hydrogens is 256 g/mol. The van der Waals surface area contributed by atoms with Gasteiger partial charge in [-0.1, -0.05) is 38.1 Å². The van der Waals surface area contributed by atoms with E-state index in [-0.39, 0.29) is 23.1 Å². The van der Waals surface area contributed by atoms with Gasteiger partial charge >= 0.3 is 0 Å². The van der Waals surface area contributed by atoms with Crippen LogP contribution < -0.4 is 5.73 Å². The lowest BCUT2D eigenvalue weighted by molar-refractivity contribution is 0.419. The van der Waals surface area contributed by atoms with Crippen molar-refractivity contribution in [2.75, 3.05) is 0 Å². The molecule has 0 saturated carbocycles. The summed E-state index contributed by atoms with van der Waals surface area (Å²) in [6.45, 7) is 5.73. The number of aryl methyl sites for hydroxylation is 1. The van der Waals surface area contributed by atoms with Crippen LogP contribution >= 0.6 is 0 Å². The molecule has 1 nitrogen and oxygen atoms in total. The standard InChI is InChI=1S/C17H19F2N/c1-11-10-12(4-9-15(11)19)16(20)17(2,3)13-5-7-14(18)8-6-13/h4-10,16H,20H2,1-3H3. The van der Waals surface area contributed by atoms with Crippen molar-refractivity contribution in [2.45, 2.75) is 32.2 Å². The Bertz CT molecular complexity index is 603. The third-order valence-electron chi connectivity index (χ3n) is 3.91. The van der Waals surface area contributed by atoms with Crippen molar-refractivity contribution < 1.29 is 8.78 Å². The van der Waals surface area contributed by atoms with Crippen molar-refractivity contribution in [1.82, 2.24) is 0 Å². The van der Waals surface area contributed by atoms with Crippen molar-refractivity contribution in [3.8, 4) is 0 Å². The van der Waals surface area contributed by atoms with Crippen molar-refractivity contribution >= 4 is 0 Å². The minimum absolute atomic E-state index is 0.236. The molecule has 1 unspecified atom stereocenters. The van der Waals surface area contributed by atoms with Gasteiger partial charge in [-0.3, -0.25) is 0 Å². The van der Waals surface area contributed by atoms with Crippen molar-refractivity contribution in [1.29, 1.82) is 0 Å². The summed E-state index contributed by atoms with van der Waals surface area (Å²) in [6, 6.07) is 11.0. The number of benzene rings is 2. The fraction of sp³-hybridized carbons (Fsp3) is 0.294. The molecule has 0 spiro atoms. The van der Waals surface area contributed by atoms with Crippen molar-refractivity contribution in [3.63, 3.8) is 0 Å². The second-order valence-electron chi connectivity index (χ2n) is 5.71. The Morgan fingerprint density at radius 3 is 2.15 bits per heavy atom. The maximum absolute atomic E-state index is 13.3. The summed E-state index contributed by atoms with van der Waals surface area (Å²) < 4.78 is 26.4. The molecule has 106 valence electrons. The Balaban J connectivity index is 2.37. The van der Waals surface area contributed by atoms with E-state index in [0.29, 0.717) is 5.56 Å². The zero-order valence-corrected chi connectivity index (χ0v) is 12.0. The Labute approximate surface area is 118 Å². The summed E-state index contributed by atoms with van der Waals surface area (Å²) >= 11 is 0. The lowest BCUT2D eigenvalue weighted by atomic mass is 9.75. The highest BCUT2D eigenvalue weighted by Gasteiger charge is 2.30. The molecule has 2 aromatic rings. The number of rotatable bonds is 3. The van der Waals surface area contributed by atoms with Crippen LogP contribution in [0.3, 0.4) is 0 Å². The van der Waals surface area contributed by atoms with Gasteiger partial charge in [0.25, 0.3) is 0 Å². The van der Waals surface area contributed by atoms with Crippen LogP contribution in [-0.4, -0.2) is 0 Å². The summed E-state index contributed by atoms with van der Waals surface area (Å²) in [5, 5.41) is 0. The van der Waals surface area contributed by atoms with Gasteiger partial charge in [0.05, 0.1) is 0 Å². The Morgan fingerprint density at radius 2 is 1.60 bits per heavy atom. The molecule has 0 aliphatic carbocycles. The first-order valence-corrected chi connectivity index (χ1v) is 6.60. The zero-order valence-electron chi connectivity index (χ0n) is 12.0. The van der Waals surface area contributed by atoms with Crippen molar-refractivity contribution in [2.24, 2.45) is 5.73 Å². The topological polar surface area (TPSA) is 26.0 Å². The van der Waals surface area contributed by atoms with Crippen LogP contribution in [0.4, 0.5) is 8.78 Å². The molecule has 0 radical (unpaired) electrons. The zero-order chi connectivity index (χ0) is 14.9. The smallest absolute Gasteiger partial charge is 0.126 e. The van der Waals surface area contributed by atoms with Crippen LogP contribution in [0.25, 0.3) is 0 Å². The van der Waals surface area contributed by atoms with Crippen LogP contribution in [0.15, 0.2) is 42.5 Å². The summed E-state index contributed by atoms with van der Waals surface area (Å²) in [5.41, 5.74) is 8.37. The van der Waals surface area contributed by atoms with Gasteiger partial charge < -0.3 is 5.73 Å². The lowest BCUT2D eigenvalue weighted by Gasteiger charge is -2.33. The van der Waals surface area contributed by atoms with E-state index in [2.05, 4.69) is 0 Å². The van der Waals surface area contributed by atoms with E-state index in [4.69, 9.17) is 5.73 Å². The molecular formula is C17H19F2N. The van der Waals surface area contributed by atoms with Gasteiger partial charge in [-0.25, -0.2) is 8.78 Å². The first kappa shape index (κ1) is 14.7. The van der Waals surface area contributed by atoms with Gasteiger partial charge in [0, 0.05) is 11.5 Å². The maximum atomic E-state index is 13.3. The van der Waals surface area contributed by atoms with Crippen LogP contribution in [0.1, 0.15) is 36.6 Å². The molecule has 0 amide bonds. The SMILES string of the molecule is Cc1cc(C(N)C(C)(C)c2ccc(F)cc2)ccc1F. The molecule has 0 bridgehead atoms. The Kier molecular flexibility index (Phi) is 3.91. The first-order valence-electron chi connectivity index (χ1n) is 6.60. The predicted octanol–water partition coefficient (Wildman–Crippen LogP) is 4.25. The number of halogens is 2. The average molecular weight is 275 g/mol. The summed E-state index contributed by atoms with van der Waals surface area (Å²) in [4.78, 5) is 0. The van der Waals surface area contributed by atoms with Gasteiger partial charge in [-0.2, -0.15) is 0 Å². The highest BCUT2D eigenvalue weighted by molar-refractivity contribution is 5.34. The van der Waals surface area contributed by atoms with E-state index < -0.39 is 0 Å². The van der Waals surface area contributed by atoms with E-state index in [1.54, 1.807) is 31.2 Å². The molecule has 1 atom stereocenters. The molecule has 0 fully saturated rings. The minimum Gasteiger partial charge on any atom is -0.323 e. The maximum Gasteiger partial charge on any atom is 0.126 e. The average Bonchev–Trinajstić information content (AvgIpc) is 2.41. The molecule has 2 N–H and O–H groups in total. The number of hydrogen-bond acceptors (Lipinski definition) is 1. The third-order valence-corrected chi connectivity index (χ3v) is 3.91. The van der Waals surface area contributed by atoms with Gasteiger partial charge in [0.1, 0.15) is 11.6 Å². The fourth-order valence-electron chi connectivity index (χ4n) is 2.34. The molecule has 0 saturated heterocycles. The third kappa shape index (κ3) is 2.73. The van der Waals surface area contributed by atoms with Crippen LogP contribution in [0.2, 0.25) is 0 Å². The molecule has 3 heteroatoms. The molecule has 0 aliphatic rings. The van der Waals surface area contributed by atoms with E-state index in [1.807, 2.05) is 13.8 Å². The predicted molar refractivity (Wildman–Crippen MR) is 77.5 cm³/mol. The minimum atomic E-state index is -0.377. The molecule has 2 aromatic carbocycles. The van der Waals surface area contributed by atoms with Crippen LogP contribution in [-0.2, 0) is 5.41 Å². The molecule has 0 aromatic heterocycles. The number of nitrogens with two attached hydrogens (primary N) is 1. The van der Waals surface area contributed by atoms with E-state index in [1.165, 1.54) is 18.2 Å². The van der Waals surface area contributed by atoms with E-state index in [0.717, 1.165) is 11.1 Å². The molecule has 0 aliphatic heterocycles. The van der Waals surface area contributed by atoms with Crippen LogP contribution in [0.5, 0.6) is 0 Å². The highest BCUT2D eigenvalue weighted by atomic mass is 19.1. The first-order chi connectivity index (χ1) is 9.32. The normalized spacial score (nSPS) is 13.3. The molecule has 0 heterocycles. The second kappa shape index (κ2) is 5.33. The van der Waals surface area contributed by atoms with Gasteiger partial charge in [0.2, 0.25) is 0 Å². The quantitative estimate of drug-likeness (QED) is 0.890. The largest absolute Gasteiger partial charge is 0.323 e. The second-order valence-corrected chi connectivity index (χ2v) is 5.71. The molecule has 2 rings (SSSR count). The van der Waals surface area contributed by atoms with Gasteiger partial charge in [-0.15, -0.1) is 0 Å². The van der Waals surface area contributed by atoms with Gasteiger partial charge in [0.15, 0.2) is 0 Å². The number of hydrogen-bond donors (Lipinski definition) is 1. The van der Waals surface area contributed by atoms with Gasteiger partial charge in [-0.05, 0) is 41.8 Å². The summed E-state index contributed by atoms with van der Waals surface area (Å²) in [6.07, 6.45) is 0. The summed E-state index contributed by atoms with van der Waals surface area (Å²) in [7, 11) is 0. The van der Waals surface area contributed by atoms with Crippen LogP contribution in [0, 0.1) is 18.6 Å². The van der Waals surface area contributed by atoms with E-state index in [9.17, 15) is 8.78 Å². The fourth-order valence-corrected chi connectivity index (χ4v) is 2.34. The molecule has 20 heavy (non-hydrogen) atoms. The Morgan fingerprint density at radius 1 is 1.00 bits per heavy atom. The highest BCUT2D eigenvalue weighted by Crippen LogP contribution is 2.35. The van der Waals surface area contributed by atoms with E-state index >= 15 is 0 Å². The summed E-state index contributed by atoms with van der Waals surface area (Å²) in [5.74, 6) is -0.503. The van der Waals surface area contributed by atoms with Crippen molar-refractivity contribution in [3.05, 3.63) is 70.8 Å². The lowest BCUT2D eigenvalue weighted by Crippen LogP contribution is -2.33.